The van der Waals surface area contributed by atoms with Crippen molar-refractivity contribution in [2.75, 3.05) is 12.3 Å². The lowest BCUT2D eigenvalue weighted by molar-refractivity contribution is 0.460. The van der Waals surface area contributed by atoms with Gasteiger partial charge in [0.1, 0.15) is 0 Å². The Hall–Kier alpha value is -0.320. The fraction of sp³-hybridized carbons (Fsp3) is 0.700. The smallest absolute Gasteiger partial charge is 0.180 e. The molecular formula is C10H18ClN3S. The van der Waals surface area contributed by atoms with Crippen LogP contribution in [-0.4, -0.2) is 17.6 Å². The highest BCUT2D eigenvalue weighted by molar-refractivity contribution is 7.15. The second-order valence-corrected chi connectivity index (χ2v) is 4.93. The number of nitrogens with one attached hydrogen (secondary N) is 1. The van der Waals surface area contributed by atoms with Gasteiger partial charge in [0.15, 0.2) is 5.13 Å². The molecule has 0 saturated carbocycles. The van der Waals surface area contributed by atoms with Crippen molar-refractivity contribution in [2.24, 2.45) is 0 Å². The molecule has 0 saturated heterocycles. The standard InChI is InChI=1S/C10H17N3S.ClH/c1-2-5-12-7-3-4-8-9(6-7)14-10(11)13-8;/h7,12H,2-6H2,1H3,(H2,11,13);1H. The van der Waals surface area contributed by atoms with Crippen molar-refractivity contribution in [2.45, 2.75) is 38.6 Å². The zero-order valence-corrected chi connectivity index (χ0v) is 10.6. The van der Waals surface area contributed by atoms with Gasteiger partial charge in [-0.25, -0.2) is 4.98 Å². The Morgan fingerprint density at radius 3 is 3.13 bits per heavy atom. The number of nitrogens with two attached hydrogens (primary N) is 1. The first kappa shape index (κ1) is 12.7. The van der Waals surface area contributed by atoms with E-state index in [1.165, 1.54) is 23.4 Å². The van der Waals surface area contributed by atoms with Crippen LogP contribution in [0, 0.1) is 0 Å². The zero-order chi connectivity index (χ0) is 9.97. The Labute approximate surface area is 101 Å². The normalized spacial score (nSPS) is 19.4. The molecule has 1 aromatic rings. The monoisotopic (exact) mass is 247 g/mol. The largest absolute Gasteiger partial charge is 0.375 e. The molecule has 1 unspecified atom stereocenters. The van der Waals surface area contributed by atoms with Crippen LogP contribution in [0.4, 0.5) is 5.13 Å². The minimum atomic E-state index is 0. The fourth-order valence-electron chi connectivity index (χ4n) is 1.92. The molecule has 2 rings (SSSR count). The molecular weight excluding hydrogens is 230 g/mol. The minimum absolute atomic E-state index is 0. The maximum atomic E-state index is 5.69. The number of hydrogen-bond acceptors (Lipinski definition) is 4. The molecule has 15 heavy (non-hydrogen) atoms. The number of hydrogen-bond donors (Lipinski definition) is 2. The lowest BCUT2D eigenvalue weighted by Gasteiger charge is -2.21. The maximum absolute atomic E-state index is 5.69. The lowest BCUT2D eigenvalue weighted by Crippen LogP contribution is -2.34. The Kier molecular flexibility index (Phi) is 4.83. The van der Waals surface area contributed by atoms with E-state index in [-0.39, 0.29) is 12.4 Å². The predicted octanol–water partition coefficient (Wildman–Crippen LogP) is 2.00. The molecule has 3 nitrogen and oxygen atoms in total. The van der Waals surface area contributed by atoms with Crippen LogP contribution in [0.25, 0.3) is 0 Å². The summed E-state index contributed by atoms with van der Waals surface area (Å²) in [5.74, 6) is 0. The van der Waals surface area contributed by atoms with E-state index < -0.39 is 0 Å². The van der Waals surface area contributed by atoms with Gasteiger partial charge in [-0.1, -0.05) is 6.92 Å². The molecule has 0 aliphatic heterocycles. The third kappa shape index (κ3) is 3.06. The molecule has 1 aliphatic carbocycles. The molecule has 1 aliphatic rings. The van der Waals surface area contributed by atoms with Gasteiger partial charge in [-0.3, -0.25) is 0 Å². The lowest BCUT2D eigenvalue weighted by atomic mass is 9.98. The number of rotatable bonds is 3. The van der Waals surface area contributed by atoms with Crippen molar-refractivity contribution in [1.29, 1.82) is 0 Å². The van der Waals surface area contributed by atoms with Gasteiger partial charge in [0.25, 0.3) is 0 Å². The van der Waals surface area contributed by atoms with Gasteiger partial charge in [-0.05, 0) is 32.2 Å². The van der Waals surface area contributed by atoms with Crippen LogP contribution in [0.2, 0.25) is 0 Å². The van der Waals surface area contributed by atoms with Crippen LogP contribution in [-0.2, 0) is 12.8 Å². The Morgan fingerprint density at radius 2 is 2.40 bits per heavy atom. The number of anilines is 1. The third-order valence-corrected chi connectivity index (χ3v) is 3.59. The van der Waals surface area contributed by atoms with E-state index in [0.29, 0.717) is 6.04 Å². The number of nitrogens with zero attached hydrogens (tertiary/aromatic N) is 1. The van der Waals surface area contributed by atoms with Gasteiger partial charge in [-0.2, -0.15) is 0 Å². The topological polar surface area (TPSA) is 50.9 Å². The summed E-state index contributed by atoms with van der Waals surface area (Å²) in [5.41, 5.74) is 6.93. The van der Waals surface area contributed by atoms with Gasteiger partial charge in [0, 0.05) is 10.9 Å². The Balaban J connectivity index is 0.00000112. The van der Waals surface area contributed by atoms with Crippen molar-refractivity contribution >= 4 is 28.9 Å². The minimum Gasteiger partial charge on any atom is -0.375 e. The average Bonchev–Trinajstić information content (AvgIpc) is 2.54. The number of thiazole rings is 1. The molecule has 1 atom stereocenters. The molecule has 0 radical (unpaired) electrons. The molecule has 1 heterocycles. The molecule has 5 heteroatoms. The van der Waals surface area contributed by atoms with Gasteiger partial charge < -0.3 is 11.1 Å². The van der Waals surface area contributed by atoms with E-state index in [1.54, 1.807) is 11.3 Å². The highest BCUT2D eigenvalue weighted by atomic mass is 35.5. The van der Waals surface area contributed by atoms with Crippen LogP contribution in [0.15, 0.2) is 0 Å². The molecule has 1 aromatic heterocycles. The highest BCUT2D eigenvalue weighted by Crippen LogP contribution is 2.27. The molecule has 0 aromatic carbocycles. The number of aromatic nitrogens is 1. The van der Waals surface area contributed by atoms with Crippen molar-refractivity contribution in [3.05, 3.63) is 10.6 Å². The van der Waals surface area contributed by atoms with E-state index in [9.17, 15) is 0 Å². The van der Waals surface area contributed by atoms with Crippen LogP contribution in [0.5, 0.6) is 0 Å². The number of nitrogen functional groups attached to an aromatic ring is 1. The van der Waals surface area contributed by atoms with E-state index >= 15 is 0 Å². The number of fused-ring (bicyclic) bond motifs is 1. The van der Waals surface area contributed by atoms with E-state index in [2.05, 4.69) is 17.2 Å². The summed E-state index contributed by atoms with van der Waals surface area (Å²) in [6.45, 7) is 3.32. The fourth-order valence-corrected chi connectivity index (χ4v) is 2.88. The summed E-state index contributed by atoms with van der Waals surface area (Å²) >= 11 is 1.65. The van der Waals surface area contributed by atoms with Crippen molar-refractivity contribution in [3.63, 3.8) is 0 Å². The summed E-state index contributed by atoms with van der Waals surface area (Å²) in [5, 5.41) is 4.29. The Bertz CT molecular complexity index is 314. The predicted molar refractivity (Wildman–Crippen MR) is 67.9 cm³/mol. The SMILES string of the molecule is CCCNC1CCc2nc(N)sc2C1.Cl. The molecule has 0 bridgehead atoms. The van der Waals surface area contributed by atoms with Gasteiger partial charge in [0.05, 0.1) is 5.69 Å². The second kappa shape index (κ2) is 5.68. The first-order valence-corrected chi connectivity index (χ1v) is 6.08. The van der Waals surface area contributed by atoms with Gasteiger partial charge in [-0.15, -0.1) is 23.7 Å². The summed E-state index contributed by atoms with van der Waals surface area (Å²) in [4.78, 5) is 5.73. The van der Waals surface area contributed by atoms with E-state index in [4.69, 9.17) is 5.73 Å². The molecule has 0 fully saturated rings. The number of aryl methyl sites for hydroxylation is 1. The summed E-state index contributed by atoms with van der Waals surface area (Å²) < 4.78 is 0. The second-order valence-electron chi connectivity index (χ2n) is 3.82. The number of halogens is 1. The van der Waals surface area contributed by atoms with Crippen LogP contribution < -0.4 is 11.1 Å². The summed E-state index contributed by atoms with van der Waals surface area (Å²) in [6, 6.07) is 0.641. The summed E-state index contributed by atoms with van der Waals surface area (Å²) in [7, 11) is 0. The van der Waals surface area contributed by atoms with Crippen LogP contribution >= 0.6 is 23.7 Å². The zero-order valence-electron chi connectivity index (χ0n) is 8.95. The van der Waals surface area contributed by atoms with Crippen LogP contribution in [0.1, 0.15) is 30.3 Å². The maximum Gasteiger partial charge on any atom is 0.180 e. The first-order chi connectivity index (χ1) is 6.79. The van der Waals surface area contributed by atoms with Crippen LogP contribution in [0.3, 0.4) is 0 Å². The third-order valence-electron chi connectivity index (χ3n) is 2.64. The van der Waals surface area contributed by atoms with Gasteiger partial charge >= 0.3 is 0 Å². The molecule has 86 valence electrons. The quantitative estimate of drug-likeness (QED) is 0.859. The van der Waals surface area contributed by atoms with Crippen molar-refractivity contribution in [1.82, 2.24) is 10.3 Å². The highest BCUT2D eigenvalue weighted by Gasteiger charge is 2.21. The summed E-state index contributed by atoms with van der Waals surface area (Å²) in [6.07, 6.45) is 4.61. The average molecular weight is 248 g/mol. The van der Waals surface area contributed by atoms with Crippen molar-refractivity contribution in [3.8, 4) is 0 Å². The Morgan fingerprint density at radius 1 is 1.60 bits per heavy atom. The van der Waals surface area contributed by atoms with E-state index in [0.717, 1.165) is 24.5 Å². The molecule has 3 N–H and O–H groups in total. The van der Waals surface area contributed by atoms with E-state index in [1.807, 2.05) is 0 Å². The first-order valence-electron chi connectivity index (χ1n) is 5.27. The van der Waals surface area contributed by atoms with Gasteiger partial charge in [0.2, 0.25) is 0 Å². The molecule has 0 amide bonds. The molecule has 0 spiro atoms. The van der Waals surface area contributed by atoms with Crippen molar-refractivity contribution < 1.29 is 0 Å².